The SMILES string of the molecule is CCOC(=O)c1cccc(N2C(=O)C(=O)/C(=C(\O)c3cccc4ccccc34)C2c2cccc(O)c2)c1. The van der Waals surface area contributed by atoms with Crippen molar-refractivity contribution < 1.29 is 29.3 Å². The summed E-state index contributed by atoms with van der Waals surface area (Å²) >= 11 is 0. The van der Waals surface area contributed by atoms with E-state index >= 15 is 0 Å². The van der Waals surface area contributed by atoms with E-state index in [4.69, 9.17) is 4.74 Å². The predicted octanol–water partition coefficient (Wildman–Crippen LogP) is 5.35. The van der Waals surface area contributed by atoms with Crippen molar-refractivity contribution in [2.24, 2.45) is 0 Å². The fraction of sp³-hybridized carbons (Fsp3) is 0.100. The van der Waals surface area contributed by atoms with Crippen molar-refractivity contribution in [3.63, 3.8) is 0 Å². The van der Waals surface area contributed by atoms with Gasteiger partial charge in [0.2, 0.25) is 0 Å². The molecule has 4 aromatic carbocycles. The van der Waals surface area contributed by atoms with E-state index in [-0.39, 0.29) is 34.9 Å². The molecule has 0 saturated carbocycles. The van der Waals surface area contributed by atoms with Crippen LogP contribution >= 0.6 is 0 Å². The molecular weight excluding hydrogens is 470 g/mol. The van der Waals surface area contributed by atoms with E-state index in [1.165, 1.54) is 23.1 Å². The molecule has 184 valence electrons. The molecule has 0 spiro atoms. The summed E-state index contributed by atoms with van der Waals surface area (Å²) in [5.74, 6) is -2.69. The topological polar surface area (TPSA) is 104 Å². The maximum absolute atomic E-state index is 13.5. The number of nitrogens with zero attached hydrogens (tertiary/aromatic N) is 1. The Kier molecular flexibility index (Phi) is 6.19. The quantitative estimate of drug-likeness (QED) is 0.168. The van der Waals surface area contributed by atoms with E-state index in [0.717, 1.165) is 5.39 Å². The molecule has 1 amide bonds. The Morgan fingerprint density at radius 2 is 1.65 bits per heavy atom. The number of aromatic hydroxyl groups is 1. The molecule has 5 rings (SSSR count). The molecule has 0 aliphatic carbocycles. The first-order chi connectivity index (χ1) is 17.9. The summed E-state index contributed by atoms with van der Waals surface area (Å²) < 4.78 is 5.09. The predicted molar refractivity (Wildman–Crippen MR) is 139 cm³/mol. The molecule has 7 heteroatoms. The van der Waals surface area contributed by atoms with Crippen molar-refractivity contribution >= 4 is 39.9 Å². The maximum atomic E-state index is 13.5. The molecule has 7 nitrogen and oxygen atoms in total. The third-order valence-corrected chi connectivity index (χ3v) is 6.31. The second kappa shape index (κ2) is 9.62. The zero-order valence-corrected chi connectivity index (χ0v) is 19.9. The highest BCUT2D eigenvalue weighted by Crippen LogP contribution is 2.43. The lowest BCUT2D eigenvalue weighted by atomic mass is 9.93. The number of carbonyl (C=O) groups excluding carboxylic acids is 3. The minimum absolute atomic E-state index is 0.0616. The van der Waals surface area contributed by atoms with E-state index in [1.807, 2.05) is 30.3 Å². The number of phenolic OH excluding ortho intramolecular Hbond substituents is 1. The summed E-state index contributed by atoms with van der Waals surface area (Å²) in [6, 6.07) is 24.1. The first kappa shape index (κ1) is 23.8. The van der Waals surface area contributed by atoms with Crippen LogP contribution < -0.4 is 4.90 Å². The average molecular weight is 494 g/mol. The number of esters is 1. The van der Waals surface area contributed by atoms with Gasteiger partial charge in [0.25, 0.3) is 11.7 Å². The third kappa shape index (κ3) is 4.21. The lowest BCUT2D eigenvalue weighted by Crippen LogP contribution is -2.29. The Balaban J connectivity index is 1.74. The van der Waals surface area contributed by atoms with Crippen molar-refractivity contribution in [3.05, 3.63) is 113 Å². The molecule has 37 heavy (non-hydrogen) atoms. The van der Waals surface area contributed by atoms with Gasteiger partial charge in [-0.2, -0.15) is 0 Å². The van der Waals surface area contributed by atoms with Gasteiger partial charge in [0.1, 0.15) is 11.5 Å². The molecular formula is C30H23NO6. The zero-order valence-electron chi connectivity index (χ0n) is 19.9. The summed E-state index contributed by atoms with van der Waals surface area (Å²) in [4.78, 5) is 40.5. The third-order valence-electron chi connectivity index (χ3n) is 6.31. The van der Waals surface area contributed by atoms with E-state index in [0.29, 0.717) is 16.5 Å². The second-order valence-corrected chi connectivity index (χ2v) is 8.56. The minimum Gasteiger partial charge on any atom is -0.508 e. The molecule has 0 bridgehead atoms. The lowest BCUT2D eigenvalue weighted by molar-refractivity contribution is -0.132. The van der Waals surface area contributed by atoms with Crippen molar-refractivity contribution in [1.82, 2.24) is 0 Å². The number of aliphatic hydroxyl groups is 1. The molecule has 0 aromatic heterocycles. The highest BCUT2D eigenvalue weighted by Gasteiger charge is 2.47. The molecule has 1 aliphatic rings. The molecule has 2 N–H and O–H groups in total. The van der Waals surface area contributed by atoms with Gasteiger partial charge in [0.05, 0.1) is 23.8 Å². The molecule has 0 radical (unpaired) electrons. The van der Waals surface area contributed by atoms with Crippen LogP contribution in [0.3, 0.4) is 0 Å². The summed E-state index contributed by atoms with van der Waals surface area (Å²) in [6.07, 6.45) is 0. The maximum Gasteiger partial charge on any atom is 0.338 e. The van der Waals surface area contributed by atoms with Crippen LogP contribution in [0.15, 0.2) is 96.6 Å². The van der Waals surface area contributed by atoms with Gasteiger partial charge in [0, 0.05) is 11.3 Å². The summed E-state index contributed by atoms with van der Waals surface area (Å²) in [6.45, 7) is 1.87. The number of phenols is 1. The fourth-order valence-corrected chi connectivity index (χ4v) is 4.68. The second-order valence-electron chi connectivity index (χ2n) is 8.56. The van der Waals surface area contributed by atoms with Crippen LogP contribution in [-0.4, -0.2) is 34.5 Å². The number of ketones is 1. The van der Waals surface area contributed by atoms with E-state index < -0.39 is 23.7 Å². The number of anilines is 1. The van der Waals surface area contributed by atoms with E-state index in [1.54, 1.807) is 49.4 Å². The van der Waals surface area contributed by atoms with Crippen molar-refractivity contribution in [3.8, 4) is 5.75 Å². The van der Waals surface area contributed by atoms with Gasteiger partial charge >= 0.3 is 5.97 Å². The Hall–Kier alpha value is -4.91. The first-order valence-electron chi connectivity index (χ1n) is 11.8. The van der Waals surface area contributed by atoms with E-state index in [9.17, 15) is 24.6 Å². The number of amides is 1. The number of rotatable bonds is 5. The van der Waals surface area contributed by atoms with Gasteiger partial charge in [-0.15, -0.1) is 0 Å². The van der Waals surface area contributed by atoms with Gasteiger partial charge in [-0.05, 0) is 53.6 Å². The highest BCUT2D eigenvalue weighted by atomic mass is 16.5. The van der Waals surface area contributed by atoms with Crippen LogP contribution in [-0.2, 0) is 14.3 Å². The van der Waals surface area contributed by atoms with Crippen LogP contribution in [0.2, 0.25) is 0 Å². The van der Waals surface area contributed by atoms with Crippen LogP contribution in [0, 0.1) is 0 Å². The largest absolute Gasteiger partial charge is 0.508 e. The lowest BCUT2D eigenvalue weighted by Gasteiger charge is -2.26. The van der Waals surface area contributed by atoms with Gasteiger partial charge < -0.3 is 14.9 Å². The van der Waals surface area contributed by atoms with E-state index in [2.05, 4.69) is 0 Å². The molecule has 1 unspecified atom stereocenters. The molecule has 1 saturated heterocycles. The van der Waals surface area contributed by atoms with Gasteiger partial charge in [0.15, 0.2) is 0 Å². The number of carbonyl (C=O) groups is 3. The Morgan fingerprint density at radius 3 is 2.43 bits per heavy atom. The Bertz CT molecular complexity index is 1580. The highest BCUT2D eigenvalue weighted by molar-refractivity contribution is 6.51. The van der Waals surface area contributed by atoms with Crippen LogP contribution in [0.5, 0.6) is 5.75 Å². The average Bonchev–Trinajstić information content (AvgIpc) is 3.18. The Labute approximate surface area is 212 Å². The van der Waals surface area contributed by atoms with Gasteiger partial charge in [-0.3, -0.25) is 14.5 Å². The first-order valence-corrected chi connectivity index (χ1v) is 11.8. The minimum atomic E-state index is -1.05. The van der Waals surface area contributed by atoms with Crippen LogP contribution in [0.1, 0.15) is 34.5 Å². The number of ether oxygens (including phenoxy) is 1. The number of benzene rings is 4. The molecule has 1 fully saturated rings. The number of aliphatic hydroxyl groups excluding tert-OH is 1. The van der Waals surface area contributed by atoms with Gasteiger partial charge in [-0.25, -0.2) is 4.79 Å². The number of Topliss-reactive ketones (excluding diaryl/α,β-unsaturated/α-hetero) is 1. The smallest absolute Gasteiger partial charge is 0.338 e. The normalized spacial score (nSPS) is 16.8. The molecule has 4 aromatic rings. The van der Waals surface area contributed by atoms with Crippen molar-refractivity contribution in [2.75, 3.05) is 11.5 Å². The monoisotopic (exact) mass is 493 g/mol. The zero-order chi connectivity index (χ0) is 26.1. The number of fused-ring (bicyclic) bond motifs is 1. The molecule has 1 heterocycles. The number of hydrogen-bond donors (Lipinski definition) is 2. The van der Waals surface area contributed by atoms with Crippen LogP contribution in [0.25, 0.3) is 16.5 Å². The number of hydrogen-bond acceptors (Lipinski definition) is 6. The summed E-state index contributed by atoms with van der Waals surface area (Å²) in [5, 5.41) is 23.3. The fourth-order valence-electron chi connectivity index (χ4n) is 4.68. The summed E-state index contributed by atoms with van der Waals surface area (Å²) in [5.41, 5.74) is 1.19. The standard InChI is InChI=1S/C30H23NO6/c1-2-37-30(36)20-11-5-12-21(16-20)31-26(19-10-6-13-22(32)17-19)25(28(34)29(31)35)27(33)24-15-7-9-18-8-3-4-14-23(18)24/h3-17,26,32-33H,2H2,1H3/b27-25-. The Morgan fingerprint density at radius 1 is 0.919 bits per heavy atom. The summed E-state index contributed by atoms with van der Waals surface area (Å²) in [7, 11) is 0. The van der Waals surface area contributed by atoms with Crippen LogP contribution in [0.4, 0.5) is 5.69 Å². The van der Waals surface area contributed by atoms with Gasteiger partial charge in [-0.1, -0.05) is 60.7 Å². The molecule has 1 aliphatic heterocycles. The van der Waals surface area contributed by atoms with Crippen molar-refractivity contribution in [1.29, 1.82) is 0 Å². The van der Waals surface area contributed by atoms with Crippen molar-refractivity contribution in [2.45, 2.75) is 13.0 Å². The molecule has 1 atom stereocenters.